The molecular formula is C21H27NO4. The van der Waals surface area contributed by atoms with E-state index in [1.165, 1.54) is 0 Å². The van der Waals surface area contributed by atoms with Gasteiger partial charge in [-0.25, -0.2) is 0 Å². The van der Waals surface area contributed by atoms with Gasteiger partial charge in [-0.1, -0.05) is 32.0 Å². The second-order valence-electron chi connectivity index (χ2n) is 6.40. The largest absolute Gasteiger partial charge is 0.497 e. The fraction of sp³-hybridized carbons (Fsp3) is 0.381. The summed E-state index contributed by atoms with van der Waals surface area (Å²) in [5.74, 6) is 1.93. The highest BCUT2D eigenvalue weighted by atomic mass is 16.5. The van der Waals surface area contributed by atoms with Crippen molar-refractivity contribution in [1.29, 1.82) is 0 Å². The second kappa shape index (κ2) is 9.13. The first-order valence-electron chi connectivity index (χ1n) is 8.62. The molecule has 5 heteroatoms. The Morgan fingerprint density at radius 2 is 1.58 bits per heavy atom. The summed E-state index contributed by atoms with van der Waals surface area (Å²) in [5, 5.41) is 3.03. The molecule has 5 nitrogen and oxygen atoms in total. The number of hydrogen-bond acceptors (Lipinski definition) is 4. The lowest BCUT2D eigenvalue weighted by Crippen LogP contribution is -2.31. The number of carbonyl (C=O) groups is 1. The Hall–Kier alpha value is -2.69. The van der Waals surface area contributed by atoms with E-state index in [-0.39, 0.29) is 17.7 Å². The molecule has 0 aromatic heterocycles. The molecule has 2 aromatic carbocycles. The third-order valence-corrected chi connectivity index (χ3v) is 4.34. The fourth-order valence-electron chi connectivity index (χ4n) is 2.93. The summed E-state index contributed by atoms with van der Waals surface area (Å²) in [6.45, 7) is 4.54. The number of benzene rings is 2. The molecule has 0 radical (unpaired) electrons. The molecule has 2 rings (SSSR count). The van der Waals surface area contributed by atoms with E-state index in [1.807, 2.05) is 56.3 Å². The van der Waals surface area contributed by atoms with Crippen molar-refractivity contribution in [3.63, 3.8) is 0 Å². The van der Waals surface area contributed by atoms with Crippen LogP contribution in [0.2, 0.25) is 0 Å². The van der Waals surface area contributed by atoms with E-state index in [0.29, 0.717) is 18.0 Å². The molecule has 0 saturated carbocycles. The minimum absolute atomic E-state index is 0.0111. The summed E-state index contributed by atoms with van der Waals surface area (Å²) in [5.41, 5.74) is 1.93. The molecule has 0 bridgehead atoms. The van der Waals surface area contributed by atoms with Crippen molar-refractivity contribution in [2.45, 2.75) is 26.3 Å². The molecular weight excluding hydrogens is 330 g/mol. The van der Waals surface area contributed by atoms with Crippen LogP contribution in [0.1, 0.15) is 30.9 Å². The Morgan fingerprint density at radius 3 is 2.12 bits per heavy atom. The Morgan fingerprint density at radius 1 is 0.923 bits per heavy atom. The molecule has 140 valence electrons. The topological polar surface area (TPSA) is 56.8 Å². The number of rotatable bonds is 8. The lowest BCUT2D eigenvalue weighted by Gasteiger charge is -2.22. The molecule has 0 fully saturated rings. The number of hydrogen-bond donors (Lipinski definition) is 1. The van der Waals surface area contributed by atoms with Crippen LogP contribution in [0, 0.1) is 5.92 Å². The van der Waals surface area contributed by atoms with Gasteiger partial charge in [0.15, 0.2) is 11.5 Å². The summed E-state index contributed by atoms with van der Waals surface area (Å²) >= 11 is 0. The van der Waals surface area contributed by atoms with Gasteiger partial charge in [0.05, 0.1) is 27.2 Å². The first-order chi connectivity index (χ1) is 12.5. The zero-order valence-electron chi connectivity index (χ0n) is 16.0. The van der Waals surface area contributed by atoms with Crippen LogP contribution in [0.25, 0.3) is 0 Å². The standard InChI is InChI=1S/C21H27NO4/c1-14(2)20(16-8-11-18(25-4)19(12-16)26-5)21(23)22-13-15-6-9-17(24-3)10-7-15/h6-12,14,20H,13H2,1-5H3,(H,22,23). The maximum atomic E-state index is 12.8. The average molecular weight is 357 g/mol. The van der Waals surface area contributed by atoms with Gasteiger partial charge in [-0.15, -0.1) is 0 Å². The Kier molecular flexibility index (Phi) is 6.89. The minimum Gasteiger partial charge on any atom is -0.497 e. The molecule has 0 saturated heterocycles. The number of nitrogens with one attached hydrogen (secondary N) is 1. The first-order valence-corrected chi connectivity index (χ1v) is 8.62. The molecule has 0 aliphatic carbocycles. The number of methoxy groups -OCH3 is 3. The molecule has 0 spiro atoms. The SMILES string of the molecule is COc1ccc(CNC(=O)C(c2ccc(OC)c(OC)c2)C(C)C)cc1. The van der Waals surface area contributed by atoms with Crippen molar-refractivity contribution >= 4 is 5.91 Å². The van der Waals surface area contributed by atoms with E-state index in [0.717, 1.165) is 16.9 Å². The molecule has 2 aromatic rings. The molecule has 0 heterocycles. The maximum Gasteiger partial charge on any atom is 0.228 e. The summed E-state index contributed by atoms with van der Waals surface area (Å²) in [6.07, 6.45) is 0. The van der Waals surface area contributed by atoms with Crippen LogP contribution in [0.4, 0.5) is 0 Å². The lowest BCUT2D eigenvalue weighted by atomic mass is 9.87. The van der Waals surface area contributed by atoms with Gasteiger partial charge in [-0.05, 0) is 41.3 Å². The molecule has 1 N–H and O–H groups in total. The van der Waals surface area contributed by atoms with Crippen molar-refractivity contribution in [3.8, 4) is 17.2 Å². The minimum atomic E-state index is -0.270. The van der Waals surface area contributed by atoms with E-state index < -0.39 is 0 Å². The molecule has 1 amide bonds. The maximum absolute atomic E-state index is 12.8. The molecule has 26 heavy (non-hydrogen) atoms. The molecule has 0 aliphatic rings. The van der Waals surface area contributed by atoms with Gasteiger partial charge in [-0.3, -0.25) is 4.79 Å². The third-order valence-electron chi connectivity index (χ3n) is 4.34. The summed E-state index contributed by atoms with van der Waals surface area (Å²) < 4.78 is 15.8. The monoisotopic (exact) mass is 357 g/mol. The third kappa shape index (κ3) is 4.69. The number of ether oxygens (including phenoxy) is 3. The number of amides is 1. The van der Waals surface area contributed by atoms with Crippen LogP contribution in [0.15, 0.2) is 42.5 Å². The molecule has 0 aliphatic heterocycles. The first kappa shape index (κ1) is 19.6. The highest BCUT2D eigenvalue weighted by Crippen LogP contribution is 2.33. The van der Waals surface area contributed by atoms with Crippen molar-refractivity contribution in [2.75, 3.05) is 21.3 Å². The van der Waals surface area contributed by atoms with E-state index in [9.17, 15) is 4.79 Å². The zero-order chi connectivity index (χ0) is 19.1. The highest BCUT2D eigenvalue weighted by Gasteiger charge is 2.25. The molecule has 1 unspecified atom stereocenters. The second-order valence-corrected chi connectivity index (χ2v) is 6.40. The molecule has 1 atom stereocenters. The lowest BCUT2D eigenvalue weighted by molar-refractivity contribution is -0.123. The quantitative estimate of drug-likeness (QED) is 0.781. The van der Waals surface area contributed by atoms with E-state index in [4.69, 9.17) is 14.2 Å². The van der Waals surface area contributed by atoms with Crippen molar-refractivity contribution in [1.82, 2.24) is 5.32 Å². The predicted molar refractivity (Wildman–Crippen MR) is 102 cm³/mol. The zero-order valence-corrected chi connectivity index (χ0v) is 16.0. The fourth-order valence-corrected chi connectivity index (χ4v) is 2.93. The van der Waals surface area contributed by atoms with Gasteiger partial charge in [0.25, 0.3) is 0 Å². The normalized spacial score (nSPS) is 11.8. The van der Waals surface area contributed by atoms with E-state index in [2.05, 4.69) is 5.32 Å². The van der Waals surface area contributed by atoms with Crippen LogP contribution >= 0.6 is 0 Å². The average Bonchev–Trinajstić information content (AvgIpc) is 2.66. The van der Waals surface area contributed by atoms with E-state index in [1.54, 1.807) is 21.3 Å². The number of carbonyl (C=O) groups excluding carboxylic acids is 1. The smallest absolute Gasteiger partial charge is 0.228 e. The highest BCUT2D eigenvalue weighted by molar-refractivity contribution is 5.84. The Bertz CT molecular complexity index is 725. The van der Waals surface area contributed by atoms with Crippen molar-refractivity contribution in [2.24, 2.45) is 5.92 Å². The van der Waals surface area contributed by atoms with E-state index >= 15 is 0 Å². The van der Waals surface area contributed by atoms with Crippen LogP contribution in [-0.4, -0.2) is 27.2 Å². The van der Waals surface area contributed by atoms with Gasteiger partial charge in [-0.2, -0.15) is 0 Å². The summed E-state index contributed by atoms with van der Waals surface area (Å²) in [4.78, 5) is 12.8. The Labute approximate surface area is 155 Å². The van der Waals surface area contributed by atoms with Gasteiger partial charge in [0.2, 0.25) is 5.91 Å². The Balaban J connectivity index is 2.14. The van der Waals surface area contributed by atoms with Gasteiger partial charge >= 0.3 is 0 Å². The van der Waals surface area contributed by atoms with Crippen LogP contribution in [0.3, 0.4) is 0 Å². The van der Waals surface area contributed by atoms with Crippen LogP contribution in [-0.2, 0) is 11.3 Å². The van der Waals surface area contributed by atoms with Gasteiger partial charge in [0, 0.05) is 6.54 Å². The van der Waals surface area contributed by atoms with Crippen molar-refractivity contribution in [3.05, 3.63) is 53.6 Å². The van der Waals surface area contributed by atoms with Gasteiger partial charge in [0.1, 0.15) is 5.75 Å². The van der Waals surface area contributed by atoms with Gasteiger partial charge < -0.3 is 19.5 Å². The van der Waals surface area contributed by atoms with Crippen LogP contribution in [0.5, 0.6) is 17.2 Å². The van der Waals surface area contributed by atoms with Crippen LogP contribution < -0.4 is 19.5 Å². The summed E-state index contributed by atoms with van der Waals surface area (Å²) in [6, 6.07) is 13.3. The van der Waals surface area contributed by atoms with Crippen molar-refractivity contribution < 1.29 is 19.0 Å². The predicted octanol–water partition coefficient (Wildman–Crippen LogP) is 3.77. The summed E-state index contributed by atoms with van der Waals surface area (Å²) in [7, 11) is 4.82.